The first-order valence-electron chi connectivity index (χ1n) is 7.93. The van der Waals surface area contributed by atoms with Crippen molar-refractivity contribution in [3.05, 3.63) is 75.6 Å². The number of carbonyl (C=O) groups excluding carboxylic acids is 1. The van der Waals surface area contributed by atoms with Gasteiger partial charge in [-0.1, -0.05) is 36.9 Å². The van der Waals surface area contributed by atoms with Crippen LogP contribution in [0.1, 0.15) is 18.1 Å². The molecule has 130 valence electrons. The SMILES string of the molecule is C=CCOC(=O)/C=C(/C)Oc1cccc(C)c1-c1c(C)cccc1I. The van der Waals surface area contributed by atoms with E-state index >= 15 is 0 Å². The van der Waals surface area contributed by atoms with E-state index in [1.807, 2.05) is 18.2 Å². The Morgan fingerprint density at radius 3 is 2.40 bits per heavy atom. The molecule has 2 rings (SSSR count). The van der Waals surface area contributed by atoms with Gasteiger partial charge in [-0.25, -0.2) is 4.79 Å². The van der Waals surface area contributed by atoms with Crippen molar-refractivity contribution >= 4 is 28.6 Å². The number of ether oxygens (including phenoxy) is 2. The number of benzene rings is 2. The molecule has 2 aromatic rings. The van der Waals surface area contributed by atoms with E-state index in [1.54, 1.807) is 6.92 Å². The fraction of sp³-hybridized carbons (Fsp3) is 0.190. The first-order chi connectivity index (χ1) is 11.9. The summed E-state index contributed by atoms with van der Waals surface area (Å²) in [7, 11) is 0. The lowest BCUT2D eigenvalue weighted by atomic mass is 9.96. The Hall–Kier alpha value is -2.08. The van der Waals surface area contributed by atoms with Crippen molar-refractivity contribution in [3.8, 4) is 16.9 Å². The lowest BCUT2D eigenvalue weighted by Crippen LogP contribution is -2.04. The van der Waals surface area contributed by atoms with Gasteiger partial charge < -0.3 is 9.47 Å². The van der Waals surface area contributed by atoms with Crippen molar-refractivity contribution < 1.29 is 14.3 Å². The van der Waals surface area contributed by atoms with Gasteiger partial charge in [-0.2, -0.15) is 0 Å². The van der Waals surface area contributed by atoms with Crippen LogP contribution in [0.5, 0.6) is 5.75 Å². The summed E-state index contributed by atoms with van der Waals surface area (Å²) in [5, 5.41) is 0. The molecule has 0 amide bonds. The lowest BCUT2D eigenvalue weighted by molar-refractivity contribution is -0.136. The van der Waals surface area contributed by atoms with Gasteiger partial charge >= 0.3 is 5.97 Å². The molecule has 0 saturated heterocycles. The number of esters is 1. The van der Waals surface area contributed by atoms with E-state index in [9.17, 15) is 4.79 Å². The summed E-state index contributed by atoms with van der Waals surface area (Å²) in [6.45, 7) is 9.59. The Morgan fingerprint density at radius 1 is 1.12 bits per heavy atom. The highest BCUT2D eigenvalue weighted by atomic mass is 127. The highest BCUT2D eigenvalue weighted by Gasteiger charge is 2.15. The minimum atomic E-state index is -0.447. The van der Waals surface area contributed by atoms with Crippen molar-refractivity contribution in [2.24, 2.45) is 0 Å². The minimum absolute atomic E-state index is 0.180. The molecule has 0 radical (unpaired) electrons. The molecule has 3 nitrogen and oxygen atoms in total. The van der Waals surface area contributed by atoms with Gasteiger partial charge in [0.15, 0.2) is 0 Å². The summed E-state index contributed by atoms with van der Waals surface area (Å²) in [6.07, 6.45) is 2.87. The maximum atomic E-state index is 11.7. The van der Waals surface area contributed by atoms with Crippen molar-refractivity contribution in [1.82, 2.24) is 0 Å². The Bertz CT molecular complexity index is 802. The minimum Gasteiger partial charge on any atom is -0.461 e. The topological polar surface area (TPSA) is 35.5 Å². The lowest BCUT2D eigenvalue weighted by Gasteiger charge is -2.17. The van der Waals surface area contributed by atoms with Crippen LogP contribution in [0.4, 0.5) is 0 Å². The average molecular weight is 448 g/mol. The van der Waals surface area contributed by atoms with Crippen molar-refractivity contribution in [2.45, 2.75) is 20.8 Å². The molecule has 0 spiro atoms. The fourth-order valence-electron chi connectivity index (χ4n) is 2.55. The molecule has 0 bridgehead atoms. The third-order valence-electron chi connectivity index (χ3n) is 3.64. The van der Waals surface area contributed by atoms with Crippen LogP contribution in [0.15, 0.2) is 60.9 Å². The number of halogens is 1. The van der Waals surface area contributed by atoms with Gasteiger partial charge in [-0.3, -0.25) is 0 Å². The largest absolute Gasteiger partial charge is 0.461 e. The molecule has 0 aliphatic carbocycles. The predicted molar refractivity (Wildman–Crippen MR) is 110 cm³/mol. The monoisotopic (exact) mass is 448 g/mol. The normalized spacial score (nSPS) is 11.1. The predicted octanol–water partition coefficient (Wildman–Crippen LogP) is 5.59. The molecule has 0 unspecified atom stereocenters. The van der Waals surface area contributed by atoms with Gasteiger partial charge in [-0.05, 0) is 66.6 Å². The van der Waals surface area contributed by atoms with Crippen LogP contribution in [-0.2, 0) is 9.53 Å². The first kappa shape index (κ1) is 19.2. The fourth-order valence-corrected chi connectivity index (χ4v) is 3.45. The molecule has 2 aromatic carbocycles. The standard InChI is InChI=1S/C21H21IO3/c1-5-12-24-19(23)13-16(4)25-18-11-7-9-15(3)21(18)20-14(2)8-6-10-17(20)22/h5-11,13H,1,12H2,2-4H3/b16-13-. The maximum Gasteiger partial charge on any atom is 0.334 e. The molecule has 0 atom stereocenters. The van der Waals surface area contributed by atoms with Crippen LogP contribution in [0.3, 0.4) is 0 Å². The van der Waals surface area contributed by atoms with E-state index in [1.165, 1.54) is 17.7 Å². The Labute approximate surface area is 162 Å². The molecule has 0 fully saturated rings. The number of hydrogen-bond acceptors (Lipinski definition) is 3. The van der Waals surface area contributed by atoms with E-state index < -0.39 is 5.97 Å². The molecule has 0 saturated carbocycles. The van der Waals surface area contributed by atoms with Gasteiger partial charge in [0.1, 0.15) is 18.1 Å². The van der Waals surface area contributed by atoms with Crippen LogP contribution < -0.4 is 4.74 Å². The van der Waals surface area contributed by atoms with E-state index in [0.29, 0.717) is 5.76 Å². The second kappa shape index (κ2) is 8.85. The van der Waals surface area contributed by atoms with Crippen molar-refractivity contribution in [2.75, 3.05) is 6.61 Å². The van der Waals surface area contributed by atoms with E-state index in [-0.39, 0.29) is 6.61 Å². The molecule has 0 aliphatic rings. The van der Waals surface area contributed by atoms with Gasteiger partial charge in [-0.15, -0.1) is 0 Å². The van der Waals surface area contributed by atoms with E-state index in [4.69, 9.17) is 9.47 Å². The van der Waals surface area contributed by atoms with Gasteiger partial charge in [0.2, 0.25) is 0 Å². The second-order valence-corrected chi connectivity index (χ2v) is 6.82. The van der Waals surface area contributed by atoms with E-state index in [2.05, 4.69) is 61.2 Å². The molecule has 0 heterocycles. The first-order valence-corrected chi connectivity index (χ1v) is 9.00. The van der Waals surface area contributed by atoms with Crippen LogP contribution in [0.2, 0.25) is 0 Å². The Morgan fingerprint density at radius 2 is 1.76 bits per heavy atom. The number of hydrogen-bond donors (Lipinski definition) is 0. The molecule has 25 heavy (non-hydrogen) atoms. The summed E-state index contributed by atoms with van der Waals surface area (Å²) in [4.78, 5) is 11.7. The van der Waals surface area contributed by atoms with Crippen LogP contribution >= 0.6 is 22.6 Å². The van der Waals surface area contributed by atoms with E-state index in [0.717, 1.165) is 26.0 Å². The maximum absolute atomic E-state index is 11.7. The Balaban J connectivity index is 2.41. The zero-order chi connectivity index (χ0) is 18.4. The van der Waals surface area contributed by atoms with Gasteiger partial charge in [0.05, 0.1) is 6.08 Å². The van der Waals surface area contributed by atoms with Gasteiger partial charge in [0.25, 0.3) is 0 Å². The summed E-state index contributed by atoms with van der Waals surface area (Å²) < 4.78 is 12.1. The number of allylic oxidation sites excluding steroid dienone is 1. The smallest absolute Gasteiger partial charge is 0.334 e. The molecular formula is C21H21IO3. The number of carbonyl (C=O) groups is 1. The molecule has 0 N–H and O–H groups in total. The number of aryl methyl sites for hydroxylation is 2. The van der Waals surface area contributed by atoms with Crippen molar-refractivity contribution in [3.63, 3.8) is 0 Å². The van der Waals surface area contributed by atoms with Crippen LogP contribution in [0.25, 0.3) is 11.1 Å². The Kier molecular flexibility index (Phi) is 6.82. The summed E-state index contributed by atoms with van der Waals surface area (Å²) in [5.74, 6) is 0.749. The summed E-state index contributed by atoms with van der Waals surface area (Å²) in [5.41, 5.74) is 4.49. The molecule has 0 aromatic heterocycles. The summed E-state index contributed by atoms with van der Waals surface area (Å²) >= 11 is 2.34. The summed E-state index contributed by atoms with van der Waals surface area (Å²) in [6, 6.07) is 12.1. The molecular weight excluding hydrogens is 427 g/mol. The third kappa shape index (κ3) is 4.95. The quantitative estimate of drug-likeness (QED) is 0.190. The van der Waals surface area contributed by atoms with Crippen LogP contribution in [-0.4, -0.2) is 12.6 Å². The zero-order valence-electron chi connectivity index (χ0n) is 14.6. The number of rotatable bonds is 6. The highest BCUT2D eigenvalue weighted by molar-refractivity contribution is 14.1. The highest BCUT2D eigenvalue weighted by Crippen LogP contribution is 2.38. The van der Waals surface area contributed by atoms with Crippen molar-refractivity contribution in [1.29, 1.82) is 0 Å². The third-order valence-corrected chi connectivity index (χ3v) is 4.54. The molecule has 4 heteroatoms. The average Bonchev–Trinajstić information content (AvgIpc) is 2.55. The van der Waals surface area contributed by atoms with Crippen LogP contribution in [0, 0.1) is 17.4 Å². The van der Waals surface area contributed by atoms with Gasteiger partial charge in [0, 0.05) is 14.7 Å². The second-order valence-electron chi connectivity index (χ2n) is 5.66. The zero-order valence-corrected chi connectivity index (χ0v) is 16.8. The molecule has 0 aliphatic heterocycles.